The third-order valence-corrected chi connectivity index (χ3v) is 6.30. The predicted molar refractivity (Wildman–Crippen MR) is 118 cm³/mol. The van der Waals surface area contributed by atoms with Gasteiger partial charge in [0, 0.05) is 26.1 Å². The lowest BCUT2D eigenvalue weighted by Gasteiger charge is -2.30. The van der Waals surface area contributed by atoms with Crippen LogP contribution in [0.4, 0.5) is 0 Å². The van der Waals surface area contributed by atoms with Gasteiger partial charge in [-0.05, 0) is 41.0 Å². The summed E-state index contributed by atoms with van der Waals surface area (Å²) >= 11 is 1.54. The number of ketones is 1. The van der Waals surface area contributed by atoms with Crippen LogP contribution >= 0.6 is 11.3 Å². The van der Waals surface area contributed by atoms with E-state index in [9.17, 15) is 4.79 Å². The van der Waals surface area contributed by atoms with Crippen LogP contribution in [0.25, 0.3) is 5.57 Å². The molecule has 0 bridgehead atoms. The van der Waals surface area contributed by atoms with Gasteiger partial charge in [-0.1, -0.05) is 72.3 Å². The van der Waals surface area contributed by atoms with Gasteiger partial charge in [0.2, 0.25) is 0 Å². The molecule has 3 heteroatoms. The van der Waals surface area contributed by atoms with Crippen molar-refractivity contribution >= 4 is 22.7 Å². The van der Waals surface area contributed by atoms with E-state index >= 15 is 0 Å². The molecule has 2 nitrogen and oxygen atoms in total. The van der Waals surface area contributed by atoms with Crippen LogP contribution in [-0.2, 0) is 0 Å². The number of Topliss-reactive ketones (excluding diaryl/α,β-unsaturated/α-hetero) is 1. The monoisotopic (exact) mass is 387 g/mol. The van der Waals surface area contributed by atoms with Gasteiger partial charge in [-0.15, -0.1) is 11.3 Å². The first kappa shape index (κ1) is 18.9. The second-order valence-electron chi connectivity index (χ2n) is 7.20. The molecular weight excluding hydrogens is 362 g/mol. The Bertz CT molecular complexity index is 878. The van der Waals surface area contributed by atoms with E-state index in [0.717, 1.165) is 37.4 Å². The summed E-state index contributed by atoms with van der Waals surface area (Å²) in [5, 5.41) is 1.97. The van der Waals surface area contributed by atoms with Crippen molar-refractivity contribution in [2.45, 2.75) is 19.3 Å². The number of thiophene rings is 1. The fraction of sp³-hybridized carbons (Fsp3) is 0.240. The molecular formula is C25H25NOS. The second kappa shape index (κ2) is 9.13. The highest BCUT2D eigenvalue weighted by molar-refractivity contribution is 7.12. The van der Waals surface area contributed by atoms with Crippen LogP contribution in [0.5, 0.6) is 0 Å². The maximum Gasteiger partial charge on any atom is 0.174 e. The Morgan fingerprint density at radius 2 is 1.43 bits per heavy atom. The molecule has 0 radical (unpaired) electrons. The zero-order valence-corrected chi connectivity index (χ0v) is 16.8. The number of likely N-dealkylation sites (tertiary alicyclic amines) is 1. The summed E-state index contributed by atoms with van der Waals surface area (Å²) in [4.78, 5) is 15.6. The van der Waals surface area contributed by atoms with Crippen molar-refractivity contribution in [3.8, 4) is 0 Å². The van der Waals surface area contributed by atoms with Gasteiger partial charge in [-0.2, -0.15) is 0 Å². The van der Waals surface area contributed by atoms with Gasteiger partial charge in [0.15, 0.2) is 5.78 Å². The van der Waals surface area contributed by atoms with Crippen LogP contribution in [0.2, 0.25) is 0 Å². The SMILES string of the molecule is O=C(CCN1CCC(=C(c2ccccc2)c2ccccc2)CC1)c1cccs1. The van der Waals surface area contributed by atoms with Gasteiger partial charge in [-0.3, -0.25) is 4.79 Å². The molecule has 2 heterocycles. The minimum atomic E-state index is 0.269. The summed E-state index contributed by atoms with van der Waals surface area (Å²) < 4.78 is 0. The molecule has 1 fully saturated rings. The number of hydrogen-bond donors (Lipinski definition) is 0. The van der Waals surface area contributed by atoms with Gasteiger partial charge >= 0.3 is 0 Å². The Balaban J connectivity index is 1.46. The molecule has 4 rings (SSSR count). The summed E-state index contributed by atoms with van der Waals surface area (Å²) in [5.41, 5.74) is 5.50. The molecule has 28 heavy (non-hydrogen) atoms. The molecule has 0 aliphatic carbocycles. The summed E-state index contributed by atoms with van der Waals surface area (Å²) in [5.74, 6) is 0.269. The maximum atomic E-state index is 12.3. The van der Waals surface area contributed by atoms with Crippen molar-refractivity contribution in [1.82, 2.24) is 4.90 Å². The Labute approximate surface area is 171 Å². The average Bonchev–Trinajstić information content (AvgIpc) is 3.30. The number of piperidine rings is 1. The van der Waals surface area contributed by atoms with Gasteiger partial charge in [0.25, 0.3) is 0 Å². The summed E-state index contributed by atoms with van der Waals surface area (Å²) in [6.45, 7) is 2.91. The lowest BCUT2D eigenvalue weighted by Crippen LogP contribution is -2.32. The van der Waals surface area contributed by atoms with Crippen molar-refractivity contribution in [3.05, 3.63) is 99.8 Å². The molecule has 1 aliphatic heterocycles. The van der Waals surface area contributed by atoms with Crippen LogP contribution in [-0.4, -0.2) is 30.3 Å². The highest BCUT2D eigenvalue weighted by atomic mass is 32.1. The van der Waals surface area contributed by atoms with E-state index in [4.69, 9.17) is 0 Å². The fourth-order valence-corrected chi connectivity index (χ4v) is 4.60. The van der Waals surface area contributed by atoms with Crippen molar-refractivity contribution in [3.63, 3.8) is 0 Å². The Morgan fingerprint density at radius 3 is 1.96 bits per heavy atom. The molecule has 1 aromatic heterocycles. The zero-order chi connectivity index (χ0) is 19.2. The van der Waals surface area contributed by atoms with Crippen LogP contribution in [0, 0.1) is 0 Å². The molecule has 1 saturated heterocycles. The topological polar surface area (TPSA) is 20.3 Å². The lowest BCUT2D eigenvalue weighted by atomic mass is 9.88. The predicted octanol–water partition coefficient (Wildman–Crippen LogP) is 5.92. The van der Waals surface area contributed by atoms with Gasteiger partial charge in [0.1, 0.15) is 0 Å². The van der Waals surface area contributed by atoms with Crippen LogP contribution < -0.4 is 0 Å². The Morgan fingerprint density at radius 1 is 0.821 bits per heavy atom. The van der Waals surface area contributed by atoms with E-state index in [1.807, 2.05) is 17.5 Å². The summed E-state index contributed by atoms with van der Waals surface area (Å²) in [6, 6.07) is 25.3. The van der Waals surface area contributed by atoms with Crippen LogP contribution in [0.1, 0.15) is 40.1 Å². The number of carbonyl (C=O) groups excluding carboxylic acids is 1. The number of benzene rings is 2. The molecule has 0 N–H and O–H groups in total. The molecule has 142 valence electrons. The molecule has 0 saturated carbocycles. The van der Waals surface area contributed by atoms with E-state index in [1.54, 1.807) is 11.3 Å². The molecule has 2 aromatic carbocycles. The van der Waals surface area contributed by atoms with E-state index < -0.39 is 0 Å². The quantitative estimate of drug-likeness (QED) is 0.489. The fourth-order valence-electron chi connectivity index (χ4n) is 3.90. The van der Waals surface area contributed by atoms with Crippen molar-refractivity contribution < 1.29 is 4.79 Å². The maximum absolute atomic E-state index is 12.3. The van der Waals surface area contributed by atoms with Gasteiger partial charge in [-0.25, -0.2) is 0 Å². The third kappa shape index (κ3) is 4.49. The average molecular weight is 388 g/mol. The van der Waals surface area contributed by atoms with Crippen LogP contribution in [0.15, 0.2) is 83.7 Å². The highest BCUT2D eigenvalue weighted by Crippen LogP contribution is 2.32. The van der Waals surface area contributed by atoms with Crippen molar-refractivity contribution in [2.24, 2.45) is 0 Å². The number of nitrogens with zero attached hydrogens (tertiary/aromatic N) is 1. The first-order chi connectivity index (χ1) is 13.8. The molecule has 3 aromatic rings. The first-order valence-electron chi connectivity index (χ1n) is 9.93. The van der Waals surface area contributed by atoms with Crippen LogP contribution in [0.3, 0.4) is 0 Å². The molecule has 1 aliphatic rings. The van der Waals surface area contributed by atoms with E-state index in [-0.39, 0.29) is 5.78 Å². The zero-order valence-electron chi connectivity index (χ0n) is 16.0. The largest absolute Gasteiger partial charge is 0.302 e. The smallest absolute Gasteiger partial charge is 0.174 e. The number of hydrogen-bond acceptors (Lipinski definition) is 3. The second-order valence-corrected chi connectivity index (χ2v) is 8.15. The minimum Gasteiger partial charge on any atom is -0.302 e. The molecule has 0 spiro atoms. The molecule has 0 amide bonds. The van der Waals surface area contributed by atoms with Gasteiger partial charge < -0.3 is 4.90 Å². The normalized spacial score (nSPS) is 14.8. The Hall–Kier alpha value is -2.49. The number of rotatable bonds is 6. The Kier molecular flexibility index (Phi) is 6.15. The summed E-state index contributed by atoms with van der Waals surface area (Å²) in [7, 11) is 0. The van der Waals surface area contributed by atoms with Crippen molar-refractivity contribution in [1.29, 1.82) is 0 Å². The van der Waals surface area contributed by atoms with Gasteiger partial charge in [0.05, 0.1) is 4.88 Å². The van der Waals surface area contributed by atoms with Crippen molar-refractivity contribution in [2.75, 3.05) is 19.6 Å². The third-order valence-electron chi connectivity index (χ3n) is 5.39. The molecule has 0 atom stereocenters. The summed E-state index contributed by atoms with van der Waals surface area (Å²) in [6.07, 6.45) is 2.74. The lowest BCUT2D eigenvalue weighted by molar-refractivity contribution is 0.0966. The standard InChI is InChI=1S/C25H25NOS/c27-23(24-12-7-19-28-24)15-18-26-16-13-22(14-17-26)25(20-8-3-1-4-9-20)21-10-5-2-6-11-21/h1-12,19H,13-18H2. The highest BCUT2D eigenvalue weighted by Gasteiger charge is 2.19. The van der Waals surface area contributed by atoms with E-state index in [0.29, 0.717) is 6.42 Å². The van der Waals surface area contributed by atoms with E-state index in [2.05, 4.69) is 65.6 Å². The van der Waals surface area contributed by atoms with E-state index in [1.165, 1.54) is 22.3 Å². The minimum absolute atomic E-state index is 0.269. The first-order valence-corrected chi connectivity index (χ1v) is 10.8. The molecule has 0 unspecified atom stereocenters. The number of carbonyl (C=O) groups is 1.